The number of carbonyl (C=O) groups excluding carboxylic acids is 1. The molecule has 2 rings (SSSR count). The van der Waals surface area contributed by atoms with Crippen molar-refractivity contribution in [2.45, 2.75) is 19.1 Å². The third-order valence-electron chi connectivity index (χ3n) is 2.52. The molecule has 92 valence electrons. The largest absolute Gasteiger partial charge is 0.461 e. The van der Waals surface area contributed by atoms with E-state index >= 15 is 0 Å². The molecule has 0 amide bonds. The third-order valence-corrected chi connectivity index (χ3v) is 2.52. The van der Waals surface area contributed by atoms with Gasteiger partial charge in [0.15, 0.2) is 0 Å². The molecule has 17 heavy (non-hydrogen) atoms. The van der Waals surface area contributed by atoms with Crippen LogP contribution in [0.2, 0.25) is 0 Å². The second-order valence-corrected chi connectivity index (χ2v) is 3.92. The molecule has 1 aliphatic heterocycles. The van der Waals surface area contributed by atoms with Gasteiger partial charge in [-0.2, -0.15) is 0 Å². The summed E-state index contributed by atoms with van der Waals surface area (Å²) in [6.07, 6.45) is 0.0966. The van der Waals surface area contributed by atoms with Crippen molar-refractivity contribution in [1.82, 2.24) is 0 Å². The monoisotopic (exact) mass is 236 g/mol. The summed E-state index contributed by atoms with van der Waals surface area (Å²) < 4.78 is 15.7. The Kier molecular flexibility index (Phi) is 4.53. The fraction of sp³-hybridized carbons (Fsp3) is 0.462. The first-order valence-corrected chi connectivity index (χ1v) is 5.73. The lowest BCUT2D eigenvalue weighted by Gasteiger charge is -2.21. The van der Waals surface area contributed by atoms with Crippen molar-refractivity contribution in [2.24, 2.45) is 0 Å². The second-order valence-electron chi connectivity index (χ2n) is 3.92. The number of ether oxygens (including phenoxy) is 3. The molecule has 4 nitrogen and oxygen atoms in total. The minimum atomic E-state index is -0.246. The van der Waals surface area contributed by atoms with Crippen molar-refractivity contribution in [3.63, 3.8) is 0 Å². The predicted molar refractivity (Wildman–Crippen MR) is 61.4 cm³/mol. The SMILES string of the molecule is O=C(C[C@H]1COCCO1)OCc1ccccc1. The quantitative estimate of drug-likeness (QED) is 0.744. The van der Waals surface area contributed by atoms with E-state index in [1.54, 1.807) is 0 Å². The van der Waals surface area contributed by atoms with Gasteiger partial charge in [0.25, 0.3) is 0 Å². The first-order chi connectivity index (χ1) is 8.34. The van der Waals surface area contributed by atoms with Gasteiger partial charge in [-0.3, -0.25) is 4.79 Å². The first-order valence-electron chi connectivity index (χ1n) is 5.73. The van der Waals surface area contributed by atoms with Crippen LogP contribution in [0, 0.1) is 0 Å². The van der Waals surface area contributed by atoms with Gasteiger partial charge in [-0.05, 0) is 5.56 Å². The van der Waals surface area contributed by atoms with E-state index in [0.717, 1.165) is 5.56 Å². The van der Waals surface area contributed by atoms with Crippen LogP contribution in [0.3, 0.4) is 0 Å². The average molecular weight is 236 g/mol. The Bertz CT molecular complexity index is 344. The van der Waals surface area contributed by atoms with Gasteiger partial charge < -0.3 is 14.2 Å². The zero-order valence-corrected chi connectivity index (χ0v) is 9.63. The van der Waals surface area contributed by atoms with E-state index in [2.05, 4.69) is 0 Å². The summed E-state index contributed by atoms with van der Waals surface area (Å²) in [5.41, 5.74) is 0.988. The highest BCUT2D eigenvalue weighted by Gasteiger charge is 2.18. The molecule has 4 heteroatoms. The molecule has 1 atom stereocenters. The Labute approximate surface area is 100 Å². The highest BCUT2D eigenvalue weighted by atomic mass is 16.6. The zero-order chi connectivity index (χ0) is 11.9. The van der Waals surface area contributed by atoms with Crippen molar-refractivity contribution < 1.29 is 19.0 Å². The normalized spacial score (nSPS) is 19.9. The lowest BCUT2D eigenvalue weighted by atomic mass is 10.2. The van der Waals surface area contributed by atoms with Crippen LogP contribution in [0.15, 0.2) is 30.3 Å². The van der Waals surface area contributed by atoms with E-state index in [1.807, 2.05) is 30.3 Å². The summed E-state index contributed by atoms with van der Waals surface area (Å²) in [6.45, 7) is 1.94. The van der Waals surface area contributed by atoms with Gasteiger partial charge in [0.2, 0.25) is 0 Å². The summed E-state index contributed by atoms with van der Waals surface area (Å²) in [6, 6.07) is 9.61. The summed E-state index contributed by atoms with van der Waals surface area (Å²) in [7, 11) is 0. The van der Waals surface area contributed by atoms with E-state index in [4.69, 9.17) is 14.2 Å². The van der Waals surface area contributed by atoms with Crippen LogP contribution in [0.4, 0.5) is 0 Å². The summed E-state index contributed by atoms with van der Waals surface area (Å²) in [5, 5.41) is 0. The standard InChI is InChI=1S/C13H16O4/c14-13(8-12-10-15-6-7-16-12)17-9-11-4-2-1-3-5-11/h1-5,12H,6-10H2/t12-/m0/s1. The molecule has 0 radical (unpaired) electrons. The minimum Gasteiger partial charge on any atom is -0.461 e. The van der Waals surface area contributed by atoms with E-state index in [9.17, 15) is 4.79 Å². The van der Waals surface area contributed by atoms with Crippen molar-refractivity contribution >= 4 is 5.97 Å². The summed E-state index contributed by atoms with van der Waals surface area (Å²) in [4.78, 5) is 11.5. The lowest BCUT2D eigenvalue weighted by Crippen LogP contribution is -2.31. The molecule has 1 heterocycles. The van der Waals surface area contributed by atoms with Crippen LogP contribution in [0.1, 0.15) is 12.0 Å². The van der Waals surface area contributed by atoms with Gasteiger partial charge >= 0.3 is 5.97 Å². The number of hydrogen-bond donors (Lipinski definition) is 0. The van der Waals surface area contributed by atoms with Gasteiger partial charge in [0.1, 0.15) is 6.61 Å². The predicted octanol–water partition coefficient (Wildman–Crippen LogP) is 1.54. The molecular formula is C13H16O4. The second kappa shape index (κ2) is 6.37. The Morgan fingerprint density at radius 1 is 1.29 bits per heavy atom. The van der Waals surface area contributed by atoms with Gasteiger partial charge in [0.05, 0.1) is 32.3 Å². The number of rotatable bonds is 4. The van der Waals surface area contributed by atoms with Gasteiger partial charge in [-0.25, -0.2) is 0 Å². The molecule has 1 saturated heterocycles. The van der Waals surface area contributed by atoms with Crippen molar-refractivity contribution in [1.29, 1.82) is 0 Å². The Morgan fingerprint density at radius 2 is 2.12 bits per heavy atom. The van der Waals surface area contributed by atoms with Gasteiger partial charge in [0, 0.05) is 0 Å². The Balaban J connectivity index is 1.70. The van der Waals surface area contributed by atoms with Crippen molar-refractivity contribution in [2.75, 3.05) is 19.8 Å². The number of benzene rings is 1. The zero-order valence-electron chi connectivity index (χ0n) is 9.63. The average Bonchev–Trinajstić information content (AvgIpc) is 2.39. The maximum Gasteiger partial charge on any atom is 0.308 e. The number of hydrogen-bond acceptors (Lipinski definition) is 4. The Hall–Kier alpha value is -1.39. The molecule has 0 aliphatic carbocycles. The maximum absolute atomic E-state index is 11.5. The fourth-order valence-corrected chi connectivity index (χ4v) is 1.64. The van der Waals surface area contributed by atoms with Gasteiger partial charge in [-0.15, -0.1) is 0 Å². The molecular weight excluding hydrogens is 220 g/mol. The molecule has 1 aromatic rings. The van der Waals surface area contributed by atoms with E-state index < -0.39 is 0 Å². The van der Waals surface area contributed by atoms with Gasteiger partial charge in [-0.1, -0.05) is 30.3 Å². The highest BCUT2D eigenvalue weighted by molar-refractivity contribution is 5.70. The lowest BCUT2D eigenvalue weighted by molar-refractivity contribution is -0.153. The van der Waals surface area contributed by atoms with Crippen LogP contribution in [0.25, 0.3) is 0 Å². The molecule has 0 saturated carbocycles. The van der Waals surface area contributed by atoms with Crippen molar-refractivity contribution in [3.05, 3.63) is 35.9 Å². The van der Waals surface area contributed by atoms with Crippen LogP contribution in [-0.4, -0.2) is 31.9 Å². The smallest absolute Gasteiger partial charge is 0.308 e. The maximum atomic E-state index is 11.5. The van der Waals surface area contributed by atoms with Crippen molar-refractivity contribution in [3.8, 4) is 0 Å². The molecule has 0 N–H and O–H groups in total. The third kappa shape index (κ3) is 4.17. The molecule has 1 aromatic carbocycles. The van der Waals surface area contributed by atoms with E-state index in [0.29, 0.717) is 26.4 Å². The number of carbonyl (C=O) groups is 1. The molecule has 1 fully saturated rings. The summed E-state index contributed by atoms with van der Waals surface area (Å²) in [5.74, 6) is -0.246. The molecule has 1 aliphatic rings. The Morgan fingerprint density at radius 3 is 2.82 bits per heavy atom. The van der Waals surface area contributed by atoms with Crippen LogP contribution in [-0.2, 0) is 25.6 Å². The van der Waals surface area contributed by atoms with Crippen LogP contribution in [0.5, 0.6) is 0 Å². The minimum absolute atomic E-state index is 0.160. The molecule has 0 aromatic heterocycles. The molecule has 0 spiro atoms. The number of esters is 1. The fourth-order valence-electron chi connectivity index (χ4n) is 1.64. The topological polar surface area (TPSA) is 44.8 Å². The molecule has 0 unspecified atom stereocenters. The van der Waals surface area contributed by atoms with Crippen LogP contribution < -0.4 is 0 Å². The van der Waals surface area contributed by atoms with E-state index in [-0.39, 0.29) is 18.5 Å². The summed E-state index contributed by atoms with van der Waals surface area (Å²) >= 11 is 0. The van der Waals surface area contributed by atoms with E-state index in [1.165, 1.54) is 0 Å². The highest BCUT2D eigenvalue weighted by Crippen LogP contribution is 2.08. The molecule has 0 bridgehead atoms. The first kappa shape index (κ1) is 12.1. The van der Waals surface area contributed by atoms with Crippen LogP contribution >= 0.6 is 0 Å².